The summed E-state index contributed by atoms with van der Waals surface area (Å²) in [6, 6.07) is 5.83. The zero-order chi connectivity index (χ0) is 28.1. The van der Waals surface area contributed by atoms with E-state index in [1.807, 2.05) is 18.6 Å². The molecule has 1 aliphatic rings. The van der Waals surface area contributed by atoms with Crippen molar-refractivity contribution in [1.29, 1.82) is 0 Å². The fourth-order valence-corrected chi connectivity index (χ4v) is 6.24. The lowest BCUT2D eigenvalue weighted by atomic mass is 9.82. The first-order valence-corrected chi connectivity index (χ1v) is 14.1. The molecular formula is C27H29F3N6O2S. The number of rotatable bonds is 6. The van der Waals surface area contributed by atoms with E-state index in [0.29, 0.717) is 10.9 Å². The smallest absolute Gasteiger partial charge is 0.262 e. The third-order valence-electron chi connectivity index (χ3n) is 7.15. The van der Waals surface area contributed by atoms with Gasteiger partial charge in [-0.25, -0.2) is 26.6 Å². The molecule has 206 valence electrons. The van der Waals surface area contributed by atoms with Gasteiger partial charge in [0.15, 0.2) is 0 Å². The van der Waals surface area contributed by atoms with E-state index in [4.69, 9.17) is 11.5 Å². The number of nitrogens with two attached hydrogens (primary N) is 2. The molecule has 1 fully saturated rings. The van der Waals surface area contributed by atoms with Crippen LogP contribution in [0.4, 0.5) is 24.7 Å². The second kappa shape index (κ2) is 10.2. The quantitative estimate of drug-likeness (QED) is 0.288. The summed E-state index contributed by atoms with van der Waals surface area (Å²) in [4.78, 5) is 3.95. The number of pyridine rings is 1. The van der Waals surface area contributed by atoms with Crippen molar-refractivity contribution in [2.75, 3.05) is 10.5 Å². The van der Waals surface area contributed by atoms with Crippen molar-refractivity contribution in [2.24, 2.45) is 5.73 Å². The van der Waals surface area contributed by atoms with Crippen LogP contribution in [0.15, 0.2) is 47.5 Å². The van der Waals surface area contributed by atoms with Gasteiger partial charge in [-0.15, -0.1) is 0 Å². The molecule has 0 amide bonds. The zero-order valence-corrected chi connectivity index (χ0v) is 22.3. The Morgan fingerprint density at radius 2 is 1.77 bits per heavy atom. The molecule has 4 aromatic rings. The van der Waals surface area contributed by atoms with Gasteiger partial charge >= 0.3 is 0 Å². The van der Waals surface area contributed by atoms with Gasteiger partial charge in [0.25, 0.3) is 10.0 Å². The summed E-state index contributed by atoms with van der Waals surface area (Å²) in [5, 5.41) is 5.04. The Kier molecular flexibility index (Phi) is 7.02. The summed E-state index contributed by atoms with van der Waals surface area (Å²) in [5.74, 6) is -2.45. The first-order chi connectivity index (χ1) is 18.5. The van der Waals surface area contributed by atoms with Crippen LogP contribution in [0.1, 0.15) is 57.1 Å². The Hall–Kier alpha value is -3.64. The largest absolute Gasteiger partial charge is 0.383 e. The van der Waals surface area contributed by atoms with Gasteiger partial charge < -0.3 is 11.5 Å². The number of sulfonamides is 1. The molecule has 1 aliphatic carbocycles. The molecule has 1 saturated carbocycles. The highest BCUT2D eigenvalue weighted by Crippen LogP contribution is 2.42. The molecule has 0 saturated heterocycles. The van der Waals surface area contributed by atoms with Crippen molar-refractivity contribution in [3.8, 4) is 11.3 Å². The van der Waals surface area contributed by atoms with Crippen LogP contribution >= 0.6 is 0 Å². The van der Waals surface area contributed by atoms with Crippen molar-refractivity contribution in [1.82, 2.24) is 14.8 Å². The van der Waals surface area contributed by atoms with Gasteiger partial charge in [-0.3, -0.25) is 9.40 Å². The summed E-state index contributed by atoms with van der Waals surface area (Å²) >= 11 is 0. The summed E-state index contributed by atoms with van der Waals surface area (Å²) in [7, 11) is -4.38. The third kappa shape index (κ3) is 5.06. The van der Waals surface area contributed by atoms with Crippen LogP contribution in [0, 0.1) is 17.5 Å². The van der Waals surface area contributed by atoms with Crippen LogP contribution in [-0.2, 0) is 10.0 Å². The molecule has 0 bridgehead atoms. The van der Waals surface area contributed by atoms with Crippen LogP contribution in [0.25, 0.3) is 22.2 Å². The maximum Gasteiger partial charge on any atom is 0.262 e. The lowest BCUT2D eigenvalue weighted by Crippen LogP contribution is -2.26. The van der Waals surface area contributed by atoms with Crippen LogP contribution in [0.5, 0.6) is 0 Å². The molecular weight excluding hydrogens is 529 g/mol. The highest BCUT2D eigenvalue weighted by Gasteiger charge is 2.29. The van der Waals surface area contributed by atoms with E-state index in [0.717, 1.165) is 61.6 Å². The molecule has 0 atom stereocenters. The average Bonchev–Trinajstić information content (AvgIpc) is 3.28. The fraction of sp³-hybridized carbons (Fsp3) is 0.333. The van der Waals surface area contributed by atoms with Gasteiger partial charge in [0, 0.05) is 29.9 Å². The molecule has 8 nitrogen and oxygen atoms in total. The number of nitrogen functional groups attached to an aromatic ring is 1. The Balaban J connectivity index is 1.61. The molecule has 0 unspecified atom stereocenters. The first-order valence-electron chi connectivity index (χ1n) is 12.7. The van der Waals surface area contributed by atoms with Crippen molar-refractivity contribution >= 4 is 32.4 Å². The van der Waals surface area contributed by atoms with E-state index in [-0.39, 0.29) is 35.1 Å². The SMILES string of the molecule is CC(C)n1nc(-c2cc(F)c(NS(=O)(=O)c3cccc(F)c3)cc2F)c2c(N)ncc(C3CCC(N)CC3)c21. The first kappa shape index (κ1) is 26.9. The molecule has 2 aromatic carbocycles. The van der Waals surface area contributed by atoms with Crippen molar-refractivity contribution < 1.29 is 21.6 Å². The molecule has 2 heterocycles. The number of nitrogens with one attached hydrogen (secondary N) is 1. The van der Waals surface area contributed by atoms with E-state index in [1.165, 1.54) is 6.07 Å². The van der Waals surface area contributed by atoms with E-state index >= 15 is 8.78 Å². The van der Waals surface area contributed by atoms with E-state index < -0.39 is 38.1 Å². The molecule has 5 N–H and O–H groups in total. The minimum atomic E-state index is -4.38. The normalized spacial score (nSPS) is 18.1. The molecule has 0 spiro atoms. The number of aromatic nitrogens is 3. The van der Waals surface area contributed by atoms with Gasteiger partial charge in [0.1, 0.15) is 29.0 Å². The summed E-state index contributed by atoms with van der Waals surface area (Å²) < 4.78 is 73.4. The monoisotopic (exact) mass is 558 g/mol. The Morgan fingerprint density at radius 3 is 2.44 bits per heavy atom. The lowest BCUT2D eigenvalue weighted by Gasteiger charge is -2.27. The Labute approximate surface area is 224 Å². The molecule has 0 radical (unpaired) electrons. The summed E-state index contributed by atoms with van der Waals surface area (Å²) in [5.41, 5.74) is 13.3. The summed E-state index contributed by atoms with van der Waals surface area (Å²) in [6.07, 6.45) is 5.19. The maximum absolute atomic E-state index is 15.5. The number of nitrogens with zero attached hydrogens (tertiary/aromatic N) is 3. The lowest BCUT2D eigenvalue weighted by molar-refractivity contribution is 0.395. The minimum Gasteiger partial charge on any atom is -0.383 e. The molecule has 2 aromatic heterocycles. The predicted molar refractivity (Wildman–Crippen MR) is 144 cm³/mol. The second-order valence-corrected chi connectivity index (χ2v) is 11.9. The second-order valence-electron chi connectivity index (χ2n) is 10.2. The number of halogens is 3. The molecule has 5 rings (SSSR count). The Bertz CT molecular complexity index is 1660. The van der Waals surface area contributed by atoms with Crippen molar-refractivity contribution in [3.63, 3.8) is 0 Å². The topological polar surface area (TPSA) is 129 Å². The Morgan fingerprint density at radius 1 is 1.05 bits per heavy atom. The maximum atomic E-state index is 15.5. The zero-order valence-electron chi connectivity index (χ0n) is 21.5. The fourth-order valence-electron chi connectivity index (χ4n) is 5.15. The van der Waals surface area contributed by atoms with E-state index in [1.54, 1.807) is 10.9 Å². The van der Waals surface area contributed by atoms with E-state index in [9.17, 15) is 12.8 Å². The van der Waals surface area contributed by atoms with E-state index in [2.05, 4.69) is 10.1 Å². The number of fused-ring (bicyclic) bond motifs is 1. The number of hydrogen-bond acceptors (Lipinski definition) is 6. The average molecular weight is 559 g/mol. The molecule has 12 heteroatoms. The van der Waals surface area contributed by atoms with Gasteiger partial charge in [-0.2, -0.15) is 5.10 Å². The van der Waals surface area contributed by atoms with Gasteiger partial charge in [0.2, 0.25) is 0 Å². The minimum absolute atomic E-state index is 0.106. The highest BCUT2D eigenvalue weighted by molar-refractivity contribution is 7.92. The molecule has 39 heavy (non-hydrogen) atoms. The summed E-state index contributed by atoms with van der Waals surface area (Å²) in [6.45, 7) is 3.85. The number of anilines is 2. The number of benzene rings is 2. The standard InChI is InChI=1S/C27H29F3N6O2S/c1-14(2)36-26-20(15-6-8-17(31)9-7-15)13-33-27(32)24(26)25(34-36)19-11-22(30)23(12-21(19)29)35-39(37,38)18-5-3-4-16(28)10-18/h3-5,10-15,17,35H,6-9,31H2,1-2H3,(H2,32,33). The van der Waals surface area contributed by atoms with Gasteiger partial charge in [0.05, 0.1) is 21.5 Å². The van der Waals surface area contributed by atoms with Gasteiger partial charge in [-0.1, -0.05) is 6.07 Å². The van der Waals surface area contributed by atoms with Crippen LogP contribution in [0.2, 0.25) is 0 Å². The van der Waals surface area contributed by atoms with Crippen molar-refractivity contribution in [3.05, 3.63) is 65.6 Å². The van der Waals surface area contributed by atoms with Gasteiger partial charge in [-0.05, 0) is 75.3 Å². The van der Waals surface area contributed by atoms with Crippen LogP contribution in [0.3, 0.4) is 0 Å². The van der Waals surface area contributed by atoms with Crippen LogP contribution in [-0.4, -0.2) is 29.2 Å². The third-order valence-corrected chi connectivity index (χ3v) is 8.51. The number of hydrogen-bond donors (Lipinski definition) is 3. The predicted octanol–water partition coefficient (Wildman–Crippen LogP) is 5.46. The van der Waals surface area contributed by atoms with Crippen LogP contribution < -0.4 is 16.2 Å². The molecule has 0 aliphatic heterocycles. The van der Waals surface area contributed by atoms with Crippen molar-refractivity contribution in [2.45, 2.75) is 62.4 Å². The highest BCUT2D eigenvalue weighted by atomic mass is 32.2.